The van der Waals surface area contributed by atoms with Crippen LogP contribution in [0.5, 0.6) is 0 Å². The summed E-state index contributed by atoms with van der Waals surface area (Å²) in [6.45, 7) is 0.208. The van der Waals surface area contributed by atoms with Crippen LogP contribution in [0.2, 0.25) is 0 Å². The van der Waals surface area contributed by atoms with E-state index in [0.29, 0.717) is 5.71 Å². The topological polar surface area (TPSA) is 177 Å². The number of nitro benzene ring substituents is 1. The number of carbonyl (C=O) groups is 1. The highest BCUT2D eigenvalue weighted by Crippen LogP contribution is 2.33. The van der Waals surface area contributed by atoms with Crippen LogP contribution in [0.25, 0.3) is 0 Å². The number of rotatable bonds is 5. The summed E-state index contributed by atoms with van der Waals surface area (Å²) in [5.74, 6) is -1.31. The molecular weight excluding hydrogens is 390 g/mol. The molecule has 2 fully saturated rings. The first-order chi connectivity index (χ1) is 13.9. The number of ether oxygens (including phenoxy) is 2. The Hall–Kier alpha value is -3.78. The van der Waals surface area contributed by atoms with Crippen LogP contribution in [0.15, 0.2) is 35.7 Å². The fourth-order valence-electron chi connectivity index (χ4n) is 3.12. The van der Waals surface area contributed by atoms with Gasteiger partial charge in [0.15, 0.2) is 6.29 Å². The van der Waals surface area contributed by atoms with Crippen molar-refractivity contribution in [3.8, 4) is 0 Å². The van der Waals surface area contributed by atoms with E-state index in [4.69, 9.17) is 9.47 Å². The Bertz CT molecular complexity index is 1020. The lowest BCUT2D eigenvalue weighted by molar-refractivity contribution is -0.394. The first-order valence-electron chi connectivity index (χ1n) is 8.37. The molecule has 14 nitrogen and oxygen atoms in total. The Labute approximate surface area is 161 Å². The third-order valence-corrected chi connectivity index (χ3v) is 4.48. The minimum atomic E-state index is -0.791. The van der Waals surface area contributed by atoms with Gasteiger partial charge in [0.25, 0.3) is 11.6 Å². The lowest BCUT2D eigenvalue weighted by Gasteiger charge is -2.26. The van der Waals surface area contributed by atoms with Crippen molar-refractivity contribution in [1.29, 1.82) is 0 Å². The molecule has 1 N–H and O–H groups in total. The molecule has 0 radical (unpaired) electrons. The van der Waals surface area contributed by atoms with E-state index < -0.39 is 40.1 Å². The van der Waals surface area contributed by atoms with Crippen LogP contribution in [-0.2, 0) is 9.47 Å². The molecule has 2 aliphatic heterocycles. The van der Waals surface area contributed by atoms with Crippen molar-refractivity contribution in [3.63, 3.8) is 0 Å². The summed E-state index contributed by atoms with van der Waals surface area (Å²) >= 11 is 0. The SMILES string of the molecule is O=C(N/N=C1\C[C@H](n2cnc([N+](=O)[O-])n2)[C@H]2CO[C@H]1O2)c1ccccc1[N+](=O)[O-]. The average Bonchev–Trinajstić information content (AvgIpc) is 3.36. The van der Waals surface area contributed by atoms with Crippen LogP contribution in [0.1, 0.15) is 22.8 Å². The molecule has 0 saturated carbocycles. The number of hydrazone groups is 1. The second-order valence-corrected chi connectivity index (χ2v) is 6.21. The van der Waals surface area contributed by atoms with Crippen molar-refractivity contribution >= 4 is 23.3 Å². The van der Waals surface area contributed by atoms with Crippen LogP contribution in [-0.4, -0.2) is 55.2 Å². The number of carbonyl (C=O) groups excluding carboxylic acids is 1. The van der Waals surface area contributed by atoms with Crippen LogP contribution in [0, 0.1) is 20.2 Å². The maximum Gasteiger partial charge on any atom is 0.490 e. The van der Waals surface area contributed by atoms with Gasteiger partial charge < -0.3 is 19.6 Å². The molecule has 4 rings (SSSR count). The predicted molar refractivity (Wildman–Crippen MR) is 92.9 cm³/mol. The van der Waals surface area contributed by atoms with E-state index in [2.05, 4.69) is 20.6 Å². The zero-order valence-electron chi connectivity index (χ0n) is 14.6. The summed E-state index contributed by atoms with van der Waals surface area (Å²) < 4.78 is 12.5. The second-order valence-electron chi connectivity index (χ2n) is 6.21. The van der Waals surface area contributed by atoms with Crippen LogP contribution in [0.4, 0.5) is 11.6 Å². The number of benzene rings is 1. The molecule has 2 saturated heterocycles. The monoisotopic (exact) mass is 403 g/mol. The van der Waals surface area contributed by atoms with Gasteiger partial charge in [-0.25, -0.2) is 5.43 Å². The summed E-state index contributed by atoms with van der Waals surface area (Å²) in [5.41, 5.74) is 2.09. The van der Waals surface area contributed by atoms with E-state index in [1.54, 1.807) is 0 Å². The van der Waals surface area contributed by atoms with Gasteiger partial charge in [-0.1, -0.05) is 17.1 Å². The number of para-hydroxylation sites is 1. The van der Waals surface area contributed by atoms with Gasteiger partial charge in [0.2, 0.25) is 6.33 Å². The van der Waals surface area contributed by atoms with Crippen LogP contribution < -0.4 is 5.43 Å². The van der Waals surface area contributed by atoms with E-state index in [1.807, 2.05) is 0 Å². The van der Waals surface area contributed by atoms with E-state index in [1.165, 1.54) is 35.3 Å². The smallest absolute Gasteiger partial charge is 0.390 e. The molecule has 0 spiro atoms. The highest BCUT2D eigenvalue weighted by Gasteiger charge is 2.44. The van der Waals surface area contributed by atoms with Gasteiger partial charge in [-0.3, -0.25) is 14.9 Å². The van der Waals surface area contributed by atoms with E-state index in [0.717, 1.165) is 0 Å². The number of nitrogens with one attached hydrogen (secondary N) is 1. The summed E-state index contributed by atoms with van der Waals surface area (Å²) in [7, 11) is 0. The molecular formula is C15H13N7O7. The van der Waals surface area contributed by atoms with Crippen molar-refractivity contribution in [2.75, 3.05) is 6.61 Å². The molecule has 1 aromatic carbocycles. The Morgan fingerprint density at radius 1 is 1.28 bits per heavy atom. The summed E-state index contributed by atoms with van der Waals surface area (Å²) in [5, 5.41) is 29.7. The van der Waals surface area contributed by atoms with E-state index >= 15 is 0 Å². The molecule has 2 aliphatic rings. The number of aromatic nitrogens is 3. The van der Waals surface area contributed by atoms with Crippen molar-refractivity contribution in [3.05, 3.63) is 56.4 Å². The number of fused-ring (bicyclic) bond motifs is 2. The lowest BCUT2D eigenvalue weighted by Crippen LogP contribution is -2.38. The van der Waals surface area contributed by atoms with Gasteiger partial charge in [-0.15, -0.1) is 0 Å². The molecule has 14 heteroatoms. The quantitative estimate of drug-likeness (QED) is 0.552. The molecule has 0 unspecified atom stereocenters. The third-order valence-electron chi connectivity index (χ3n) is 4.48. The van der Waals surface area contributed by atoms with Crippen molar-refractivity contribution in [2.24, 2.45) is 5.10 Å². The largest absolute Gasteiger partial charge is 0.490 e. The van der Waals surface area contributed by atoms with Crippen molar-refractivity contribution in [1.82, 2.24) is 20.2 Å². The normalized spacial score (nSPS) is 24.4. The molecule has 3 atom stereocenters. The van der Waals surface area contributed by atoms with Gasteiger partial charge in [-0.05, 0) is 11.0 Å². The number of nitro groups is 2. The maximum atomic E-state index is 12.3. The van der Waals surface area contributed by atoms with Gasteiger partial charge in [-0.2, -0.15) is 9.78 Å². The summed E-state index contributed by atoms with van der Waals surface area (Å²) in [6.07, 6.45) is 0.244. The van der Waals surface area contributed by atoms with Crippen molar-refractivity contribution in [2.45, 2.75) is 24.9 Å². The Balaban J connectivity index is 1.53. The minimum absolute atomic E-state index is 0.146. The summed E-state index contributed by atoms with van der Waals surface area (Å²) in [4.78, 5) is 36.5. The van der Waals surface area contributed by atoms with Crippen LogP contribution in [0.3, 0.4) is 0 Å². The fraction of sp³-hybridized carbons (Fsp3) is 0.333. The van der Waals surface area contributed by atoms with Crippen molar-refractivity contribution < 1.29 is 24.1 Å². The number of nitrogens with zero attached hydrogens (tertiary/aromatic N) is 6. The molecule has 3 heterocycles. The lowest BCUT2D eigenvalue weighted by atomic mass is 10.0. The first kappa shape index (κ1) is 18.6. The predicted octanol–water partition coefficient (Wildman–Crippen LogP) is 0.567. The maximum absolute atomic E-state index is 12.3. The Kier molecular flexibility index (Phi) is 4.69. The standard InChI is InChI=1S/C15H13N7O7/c23-13(8-3-1-2-4-10(8)21(24)25)18-17-9-5-11(12-6-28-14(9)29-12)20-7-16-15(19-20)22(26)27/h1-4,7,11-12,14H,5-6H2,(H,18,23)/b17-9+/t11-,12+,14-/m0/s1. The Morgan fingerprint density at radius 3 is 2.79 bits per heavy atom. The molecule has 150 valence electrons. The molecule has 1 amide bonds. The number of amides is 1. The molecule has 0 aliphatic carbocycles. The highest BCUT2D eigenvalue weighted by molar-refractivity contribution is 5.99. The molecule has 1 aromatic heterocycles. The molecule has 2 aromatic rings. The van der Waals surface area contributed by atoms with E-state index in [-0.39, 0.29) is 24.3 Å². The van der Waals surface area contributed by atoms with Gasteiger partial charge in [0.05, 0.1) is 17.2 Å². The average molecular weight is 403 g/mol. The number of hydrogen-bond acceptors (Lipinski definition) is 10. The molecule has 29 heavy (non-hydrogen) atoms. The zero-order valence-corrected chi connectivity index (χ0v) is 14.6. The Morgan fingerprint density at radius 2 is 2.07 bits per heavy atom. The second kappa shape index (κ2) is 7.33. The fourth-order valence-corrected chi connectivity index (χ4v) is 3.12. The van der Waals surface area contributed by atoms with Gasteiger partial charge >= 0.3 is 5.95 Å². The van der Waals surface area contributed by atoms with Gasteiger partial charge in [0, 0.05) is 17.6 Å². The molecule has 2 bridgehead atoms. The van der Waals surface area contributed by atoms with Gasteiger partial charge in [0.1, 0.15) is 17.7 Å². The number of hydrogen-bond donors (Lipinski definition) is 1. The minimum Gasteiger partial charge on any atom is -0.390 e. The van der Waals surface area contributed by atoms with E-state index in [9.17, 15) is 25.0 Å². The van der Waals surface area contributed by atoms with Crippen LogP contribution >= 0.6 is 0 Å². The summed E-state index contributed by atoms with van der Waals surface area (Å²) in [6, 6.07) is 4.99. The third kappa shape index (κ3) is 3.53. The highest BCUT2D eigenvalue weighted by atomic mass is 16.7. The zero-order chi connectivity index (χ0) is 20.5. The first-order valence-corrected chi connectivity index (χ1v) is 8.37.